The fraction of sp³-hybridized carbons (Fsp3) is 0.500. The van der Waals surface area contributed by atoms with Crippen molar-refractivity contribution in [2.75, 3.05) is 18.0 Å². The lowest BCUT2D eigenvalue weighted by Gasteiger charge is -2.19. The van der Waals surface area contributed by atoms with Crippen molar-refractivity contribution in [3.05, 3.63) is 29.3 Å². The molecule has 98 valence electrons. The van der Waals surface area contributed by atoms with Crippen LogP contribution in [-0.2, 0) is 11.2 Å². The summed E-state index contributed by atoms with van der Waals surface area (Å²) in [6.07, 6.45) is 2.90. The predicted octanol–water partition coefficient (Wildman–Crippen LogP) is 1.55. The van der Waals surface area contributed by atoms with E-state index in [1.54, 1.807) is 0 Å². The summed E-state index contributed by atoms with van der Waals surface area (Å²) in [5, 5.41) is 8.83. The van der Waals surface area contributed by atoms with Crippen molar-refractivity contribution in [2.45, 2.75) is 32.2 Å². The Morgan fingerprint density at radius 3 is 2.67 bits per heavy atom. The molecule has 1 aromatic rings. The first-order chi connectivity index (χ1) is 8.58. The number of aryl methyl sites for hydroxylation is 1. The number of nitrogens with zero attached hydrogens (tertiary/aromatic N) is 1. The molecule has 0 aliphatic carbocycles. The Hall–Kier alpha value is -1.55. The van der Waals surface area contributed by atoms with Crippen LogP contribution in [0.1, 0.15) is 24.0 Å². The maximum absolute atomic E-state index is 10.8. The fourth-order valence-corrected chi connectivity index (χ4v) is 2.41. The van der Waals surface area contributed by atoms with E-state index in [1.807, 2.05) is 13.0 Å². The minimum absolute atomic E-state index is 0.390. The molecule has 1 unspecified atom stereocenters. The van der Waals surface area contributed by atoms with E-state index < -0.39 is 12.0 Å². The topological polar surface area (TPSA) is 66.6 Å². The maximum Gasteiger partial charge on any atom is 0.320 e. The van der Waals surface area contributed by atoms with Gasteiger partial charge in [0.05, 0.1) is 0 Å². The Bertz CT molecular complexity index is 439. The molecule has 0 saturated carbocycles. The molecule has 0 spiro atoms. The molecule has 4 heteroatoms. The van der Waals surface area contributed by atoms with Crippen LogP contribution < -0.4 is 10.6 Å². The van der Waals surface area contributed by atoms with E-state index in [-0.39, 0.29) is 0 Å². The number of aliphatic carboxylic acids is 1. The van der Waals surface area contributed by atoms with Crippen LogP contribution >= 0.6 is 0 Å². The van der Waals surface area contributed by atoms with Gasteiger partial charge in [-0.3, -0.25) is 4.79 Å². The van der Waals surface area contributed by atoms with E-state index in [1.165, 1.54) is 18.5 Å². The molecule has 1 fully saturated rings. The maximum atomic E-state index is 10.8. The van der Waals surface area contributed by atoms with Gasteiger partial charge < -0.3 is 15.7 Å². The Balaban J connectivity index is 2.12. The molecule has 18 heavy (non-hydrogen) atoms. The predicted molar refractivity (Wildman–Crippen MR) is 71.9 cm³/mol. The molecule has 2 rings (SSSR count). The van der Waals surface area contributed by atoms with Gasteiger partial charge in [-0.1, -0.05) is 6.07 Å². The van der Waals surface area contributed by atoms with Gasteiger partial charge >= 0.3 is 5.97 Å². The third-order valence-corrected chi connectivity index (χ3v) is 3.55. The third-order valence-electron chi connectivity index (χ3n) is 3.55. The summed E-state index contributed by atoms with van der Waals surface area (Å²) in [6, 6.07) is 5.39. The zero-order valence-corrected chi connectivity index (χ0v) is 10.7. The first-order valence-corrected chi connectivity index (χ1v) is 6.41. The lowest BCUT2D eigenvalue weighted by atomic mass is 10.0. The van der Waals surface area contributed by atoms with Gasteiger partial charge in [0.1, 0.15) is 6.04 Å². The summed E-state index contributed by atoms with van der Waals surface area (Å²) >= 11 is 0. The van der Waals surface area contributed by atoms with Crippen LogP contribution in [0.2, 0.25) is 0 Å². The summed E-state index contributed by atoms with van der Waals surface area (Å²) in [5.41, 5.74) is 8.94. The highest BCUT2D eigenvalue weighted by molar-refractivity contribution is 5.73. The lowest BCUT2D eigenvalue weighted by Crippen LogP contribution is -2.32. The number of carboxylic acids is 1. The Labute approximate surface area is 107 Å². The molecule has 1 heterocycles. The summed E-state index contributed by atoms with van der Waals surface area (Å²) < 4.78 is 0. The van der Waals surface area contributed by atoms with Crippen molar-refractivity contribution >= 4 is 11.7 Å². The number of benzene rings is 1. The van der Waals surface area contributed by atoms with E-state index in [0.29, 0.717) is 6.42 Å². The monoisotopic (exact) mass is 248 g/mol. The summed E-state index contributed by atoms with van der Waals surface area (Å²) in [4.78, 5) is 13.1. The normalized spacial score (nSPS) is 16.9. The third kappa shape index (κ3) is 2.82. The van der Waals surface area contributed by atoms with Gasteiger partial charge in [-0.2, -0.15) is 0 Å². The standard InChI is InChI=1S/C14H20N2O2/c1-10-8-12(16-6-2-3-7-16)5-4-11(10)9-13(15)14(17)18/h4-5,8,13H,2-3,6-7,9,15H2,1H3,(H,17,18). The SMILES string of the molecule is Cc1cc(N2CCCC2)ccc1CC(N)C(=O)O. The van der Waals surface area contributed by atoms with Crippen LogP contribution in [0.4, 0.5) is 5.69 Å². The highest BCUT2D eigenvalue weighted by atomic mass is 16.4. The molecule has 1 aliphatic rings. The van der Waals surface area contributed by atoms with Crippen molar-refractivity contribution in [1.82, 2.24) is 0 Å². The number of carboxylic acid groups (broad SMARTS) is 1. The second-order valence-electron chi connectivity index (χ2n) is 4.95. The molecule has 1 aromatic carbocycles. The number of carbonyl (C=O) groups is 1. The molecule has 0 amide bonds. The molecule has 0 aromatic heterocycles. The van der Waals surface area contributed by atoms with E-state index in [2.05, 4.69) is 17.0 Å². The van der Waals surface area contributed by atoms with Crippen molar-refractivity contribution < 1.29 is 9.90 Å². The summed E-state index contributed by atoms with van der Waals surface area (Å²) in [7, 11) is 0. The van der Waals surface area contributed by atoms with Gasteiger partial charge in [-0.05, 0) is 49.4 Å². The lowest BCUT2D eigenvalue weighted by molar-refractivity contribution is -0.138. The fourth-order valence-electron chi connectivity index (χ4n) is 2.41. The van der Waals surface area contributed by atoms with Crippen LogP contribution in [0.3, 0.4) is 0 Å². The average Bonchev–Trinajstić information content (AvgIpc) is 2.85. The molecule has 0 radical (unpaired) electrons. The summed E-state index contributed by atoms with van der Waals surface area (Å²) in [6.45, 7) is 4.25. The Kier molecular flexibility index (Phi) is 3.87. The largest absolute Gasteiger partial charge is 0.480 e. The van der Waals surface area contributed by atoms with Crippen LogP contribution in [0.25, 0.3) is 0 Å². The molecule has 0 bridgehead atoms. The van der Waals surface area contributed by atoms with Gasteiger partial charge in [0.2, 0.25) is 0 Å². The van der Waals surface area contributed by atoms with Crippen molar-refractivity contribution in [2.24, 2.45) is 5.73 Å². The highest BCUT2D eigenvalue weighted by Crippen LogP contribution is 2.23. The molecular formula is C14H20N2O2. The van der Waals surface area contributed by atoms with Crippen molar-refractivity contribution in [1.29, 1.82) is 0 Å². The second kappa shape index (κ2) is 5.40. The number of anilines is 1. The van der Waals surface area contributed by atoms with E-state index in [9.17, 15) is 4.79 Å². The van der Waals surface area contributed by atoms with Gasteiger partial charge in [0.25, 0.3) is 0 Å². The average molecular weight is 248 g/mol. The highest BCUT2D eigenvalue weighted by Gasteiger charge is 2.16. The van der Waals surface area contributed by atoms with E-state index in [4.69, 9.17) is 10.8 Å². The van der Waals surface area contributed by atoms with Crippen LogP contribution in [0.15, 0.2) is 18.2 Å². The Morgan fingerprint density at radius 1 is 1.44 bits per heavy atom. The first-order valence-electron chi connectivity index (χ1n) is 6.41. The molecule has 1 saturated heterocycles. The van der Waals surface area contributed by atoms with Gasteiger partial charge in [0.15, 0.2) is 0 Å². The van der Waals surface area contributed by atoms with Gasteiger partial charge in [0, 0.05) is 18.8 Å². The molecular weight excluding hydrogens is 228 g/mol. The van der Waals surface area contributed by atoms with Crippen LogP contribution in [-0.4, -0.2) is 30.2 Å². The smallest absolute Gasteiger partial charge is 0.320 e. The zero-order valence-electron chi connectivity index (χ0n) is 10.7. The van der Waals surface area contributed by atoms with Crippen molar-refractivity contribution in [3.63, 3.8) is 0 Å². The van der Waals surface area contributed by atoms with Gasteiger partial charge in [-0.15, -0.1) is 0 Å². The van der Waals surface area contributed by atoms with Crippen LogP contribution in [0, 0.1) is 6.92 Å². The molecule has 4 nitrogen and oxygen atoms in total. The first kappa shape index (κ1) is 12.9. The van der Waals surface area contributed by atoms with Gasteiger partial charge in [-0.25, -0.2) is 0 Å². The minimum Gasteiger partial charge on any atom is -0.480 e. The second-order valence-corrected chi connectivity index (χ2v) is 4.95. The molecule has 1 aliphatic heterocycles. The summed E-state index contributed by atoms with van der Waals surface area (Å²) in [5.74, 6) is -0.946. The quantitative estimate of drug-likeness (QED) is 0.848. The molecule has 3 N–H and O–H groups in total. The van der Waals surface area contributed by atoms with E-state index in [0.717, 1.165) is 24.2 Å². The number of hydrogen-bond donors (Lipinski definition) is 2. The molecule has 1 atom stereocenters. The Morgan fingerprint density at radius 2 is 2.11 bits per heavy atom. The zero-order chi connectivity index (χ0) is 13.1. The number of rotatable bonds is 4. The number of hydrogen-bond acceptors (Lipinski definition) is 3. The number of nitrogens with two attached hydrogens (primary N) is 1. The minimum atomic E-state index is -0.946. The van der Waals surface area contributed by atoms with E-state index >= 15 is 0 Å². The van der Waals surface area contributed by atoms with Crippen molar-refractivity contribution in [3.8, 4) is 0 Å². The van der Waals surface area contributed by atoms with Crippen LogP contribution in [0.5, 0.6) is 0 Å².